The summed E-state index contributed by atoms with van der Waals surface area (Å²) in [6, 6.07) is 14.7. The minimum atomic E-state index is -3.86. The van der Waals surface area contributed by atoms with Gasteiger partial charge in [0.1, 0.15) is 5.75 Å². The molecule has 2 saturated heterocycles. The quantitative estimate of drug-likeness (QED) is 0.451. The summed E-state index contributed by atoms with van der Waals surface area (Å²) in [7, 11) is -2.61. The third-order valence-electron chi connectivity index (χ3n) is 7.60. The first-order valence-electron chi connectivity index (χ1n) is 13.2. The van der Waals surface area contributed by atoms with Gasteiger partial charge in [0.2, 0.25) is 10.0 Å². The van der Waals surface area contributed by atoms with Gasteiger partial charge in [-0.3, -0.25) is 4.79 Å². The van der Waals surface area contributed by atoms with Crippen molar-refractivity contribution in [1.29, 1.82) is 0 Å². The van der Waals surface area contributed by atoms with Gasteiger partial charge in [0.05, 0.1) is 13.7 Å². The fraction of sp³-hybridized carbons (Fsp3) is 0.552. The highest BCUT2D eigenvalue weighted by molar-refractivity contribution is 7.91. The van der Waals surface area contributed by atoms with E-state index in [9.17, 15) is 13.2 Å². The standard InChI is InChI=1S/C29H39NO6S/c1-21(2)20-36-26-7-5-6-25(19-26)27-9-8-24(18-22(27)3)23-10-14-30(15-11-23)37(32,33)29(28(31)34-4)12-16-35-17-13-29/h5-9,18-19,21,23H,10-17,20H2,1-4H3. The molecule has 2 fully saturated rings. The Morgan fingerprint density at radius 3 is 2.43 bits per heavy atom. The van der Waals surface area contributed by atoms with E-state index >= 15 is 0 Å². The summed E-state index contributed by atoms with van der Waals surface area (Å²) in [5.41, 5.74) is 4.69. The number of nitrogens with zero attached hydrogens (tertiary/aromatic N) is 1. The second-order valence-corrected chi connectivity index (χ2v) is 12.8. The maximum absolute atomic E-state index is 13.6. The molecular formula is C29H39NO6S. The van der Waals surface area contributed by atoms with Crippen molar-refractivity contribution in [2.75, 3.05) is 40.0 Å². The van der Waals surface area contributed by atoms with Crippen LogP contribution in [0.25, 0.3) is 11.1 Å². The molecule has 7 nitrogen and oxygen atoms in total. The van der Waals surface area contributed by atoms with Crippen molar-refractivity contribution in [2.24, 2.45) is 5.92 Å². The third kappa shape index (κ3) is 5.71. The Bertz CT molecular complexity index is 1190. The van der Waals surface area contributed by atoms with Crippen molar-refractivity contribution in [1.82, 2.24) is 4.31 Å². The zero-order chi connectivity index (χ0) is 26.6. The molecule has 0 N–H and O–H groups in total. The highest BCUT2D eigenvalue weighted by Crippen LogP contribution is 2.38. The van der Waals surface area contributed by atoms with E-state index in [1.807, 2.05) is 12.1 Å². The van der Waals surface area contributed by atoms with Crippen LogP contribution < -0.4 is 4.74 Å². The zero-order valence-electron chi connectivity index (χ0n) is 22.4. The zero-order valence-corrected chi connectivity index (χ0v) is 23.2. The van der Waals surface area contributed by atoms with Crippen molar-refractivity contribution >= 4 is 16.0 Å². The number of benzene rings is 2. The molecule has 4 rings (SSSR count). The van der Waals surface area contributed by atoms with Crippen molar-refractivity contribution in [3.05, 3.63) is 53.6 Å². The molecular weight excluding hydrogens is 490 g/mol. The van der Waals surface area contributed by atoms with Crippen LogP contribution in [0, 0.1) is 12.8 Å². The third-order valence-corrected chi connectivity index (χ3v) is 10.2. The van der Waals surface area contributed by atoms with Crippen LogP contribution in [0.4, 0.5) is 0 Å². The smallest absolute Gasteiger partial charge is 0.328 e. The number of hydrogen-bond acceptors (Lipinski definition) is 6. The van der Waals surface area contributed by atoms with E-state index in [-0.39, 0.29) is 32.0 Å². The molecule has 0 aromatic heterocycles. The summed E-state index contributed by atoms with van der Waals surface area (Å²) in [4.78, 5) is 12.6. The largest absolute Gasteiger partial charge is 0.493 e. The number of carbonyl (C=O) groups is 1. The highest BCUT2D eigenvalue weighted by Gasteiger charge is 2.55. The Morgan fingerprint density at radius 2 is 1.81 bits per heavy atom. The maximum Gasteiger partial charge on any atom is 0.328 e. The van der Waals surface area contributed by atoms with Gasteiger partial charge in [-0.1, -0.05) is 44.2 Å². The molecule has 0 amide bonds. The Labute approximate surface area is 221 Å². The van der Waals surface area contributed by atoms with Gasteiger partial charge in [-0.15, -0.1) is 0 Å². The molecule has 0 spiro atoms. The minimum Gasteiger partial charge on any atom is -0.493 e. The minimum absolute atomic E-state index is 0.131. The van der Waals surface area contributed by atoms with Crippen molar-refractivity contribution < 1.29 is 27.4 Å². The Hall–Kier alpha value is -2.42. The van der Waals surface area contributed by atoms with Gasteiger partial charge in [-0.25, -0.2) is 12.7 Å². The summed E-state index contributed by atoms with van der Waals surface area (Å²) in [5.74, 6) is 0.928. The summed E-state index contributed by atoms with van der Waals surface area (Å²) < 4.78 is 43.4. The van der Waals surface area contributed by atoms with E-state index in [2.05, 4.69) is 51.1 Å². The van der Waals surface area contributed by atoms with Crippen LogP contribution in [0.2, 0.25) is 0 Å². The lowest BCUT2D eigenvalue weighted by atomic mass is 9.87. The molecule has 0 saturated carbocycles. The second-order valence-electron chi connectivity index (χ2n) is 10.6. The first-order chi connectivity index (χ1) is 17.7. The molecule has 8 heteroatoms. The van der Waals surface area contributed by atoms with Crippen LogP contribution >= 0.6 is 0 Å². The molecule has 0 aliphatic carbocycles. The lowest BCUT2D eigenvalue weighted by Gasteiger charge is -2.40. The van der Waals surface area contributed by atoms with Gasteiger partial charge in [-0.2, -0.15) is 0 Å². The summed E-state index contributed by atoms with van der Waals surface area (Å²) in [6.45, 7) is 8.33. The first kappa shape index (κ1) is 27.6. The van der Waals surface area contributed by atoms with Crippen LogP contribution in [0.1, 0.15) is 56.6 Å². The number of aryl methyl sites for hydroxylation is 1. The van der Waals surface area contributed by atoms with Gasteiger partial charge >= 0.3 is 5.97 Å². The van der Waals surface area contributed by atoms with E-state index in [1.54, 1.807) is 0 Å². The van der Waals surface area contributed by atoms with Crippen LogP contribution in [0.15, 0.2) is 42.5 Å². The number of carbonyl (C=O) groups excluding carboxylic acids is 1. The first-order valence-corrected chi connectivity index (χ1v) is 14.6. The molecule has 2 heterocycles. The van der Waals surface area contributed by atoms with E-state index in [1.165, 1.54) is 28.1 Å². The normalized spacial score (nSPS) is 19.1. The number of rotatable bonds is 8. The number of hydrogen-bond donors (Lipinski definition) is 0. The summed E-state index contributed by atoms with van der Waals surface area (Å²) >= 11 is 0. The molecule has 0 unspecified atom stereocenters. The number of ether oxygens (including phenoxy) is 3. The average Bonchev–Trinajstić information content (AvgIpc) is 2.92. The second kappa shape index (κ2) is 11.5. The van der Waals surface area contributed by atoms with Gasteiger partial charge in [-0.05, 0) is 66.0 Å². The number of sulfonamides is 1. The number of piperidine rings is 1. The number of esters is 1. The lowest BCUT2D eigenvalue weighted by Crippen LogP contribution is -2.57. The predicted molar refractivity (Wildman–Crippen MR) is 144 cm³/mol. The molecule has 2 aromatic rings. The van der Waals surface area contributed by atoms with Crippen molar-refractivity contribution in [2.45, 2.75) is 57.1 Å². The number of methoxy groups -OCH3 is 1. The Kier molecular flexibility index (Phi) is 8.61. The summed E-state index contributed by atoms with van der Waals surface area (Å²) in [6.07, 6.45) is 1.69. The molecule has 2 aromatic carbocycles. The molecule has 2 aliphatic rings. The maximum atomic E-state index is 13.6. The Balaban J connectivity index is 1.46. The van der Waals surface area contributed by atoms with Crippen molar-refractivity contribution in [3.63, 3.8) is 0 Å². The predicted octanol–water partition coefficient (Wildman–Crippen LogP) is 4.93. The molecule has 202 valence electrons. The van der Waals surface area contributed by atoms with E-state index < -0.39 is 20.7 Å². The topological polar surface area (TPSA) is 82.1 Å². The SMILES string of the molecule is COC(=O)C1(S(=O)(=O)N2CCC(c3ccc(-c4cccc(OCC(C)C)c4)c(C)c3)CC2)CCOCC1. The van der Waals surface area contributed by atoms with E-state index in [0.717, 1.165) is 11.3 Å². The van der Waals surface area contributed by atoms with E-state index in [4.69, 9.17) is 14.2 Å². The van der Waals surface area contributed by atoms with Crippen LogP contribution in [-0.2, 0) is 24.3 Å². The van der Waals surface area contributed by atoms with Gasteiger partial charge in [0, 0.05) is 39.1 Å². The lowest BCUT2D eigenvalue weighted by molar-refractivity contribution is -0.146. The molecule has 0 atom stereocenters. The molecule has 2 aliphatic heterocycles. The van der Waals surface area contributed by atoms with Crippen LogP contribution in [0.3, 0.4) is 0 Å². The van der Waals surface area contributed by atoms with Gasteiger partial charge < -0.3 is 14.2 Å². The average molecular weight is 530 g/mol. The summed E-state index contributed by atoms with van der Waals surface area (Å²) in [5, 5.41) is 0. The highest BCUT2D eigenvalue weighted by atomic mass is 32.2. The van der Waals surface area contributed by atoms with E-state index in [0.29, 0.717) is 38.5 Å². The van der Waals surface area contributed by atoms with Crippen LogP contribution in [0.5, 0.6) is 5.75 Å². The molecule has 0 bridgehead atoms. The van der Waals surface area contributed by atoms with Gasteiger partial charge in [0.25, 0.3) is 0 Å². The Morgan fingerprint density at radius 1 is 1.11 bits per heavy atom. The molecule has 37 heavy (non-hydrogen) atoms. The fourth-order valence-corrected chi connectivity index (χ4v) is 7.57. The van der Waals surface area contributed by atoms with Crippen molar-refractivity contribution in [3.8, 4) is 16.9 Å². The fourth-order valence-electron chi connectivity index (χ4n) is 5.41. The molecule has 0 radical (unpaired) electrons. The monoisotopic (exact) mass is 529 g/mol. The van der Waals surface area contributed by atoms with Crippen LogP contribution in [-0.4, -0.2) is 63.5 Å². The van der Waals surface area contributed by atoms with Gasteiger partial charge in [0.15, 0.2) is 4.75 Å².